The molecule has 1 saturated heterocycles. The Kier molecular flexibility index (Phi) is 5.39. The number of carbonyl (C=O) groups is 2. The van der Waals surface area contributed by atoms with Gasteiger partial charge in [0.2, 0.25) is 0 Å². The van der Waals surface area contributed by atoms with E-state index in [2.05, 4.69) is 5.32 Å². The Labute approximate surface area is 183 Å². The van der Waals surface area contributed by atoms with Crippen molar-refractivity contribution in [1.82, 2.24) is 5.32 Å². The van der Waals surface area contributed by atoms with Gasteiger partial charge in [-0.25, -0.2) is 8.42 Å². The summed E-state index contributed by atoms with van der Waals surface area (Å²) in [6.07, 6.45) is 2.84. The van der Waals surface area contributed by atoms with Crippen molar-refractivity contribution >= 4 is 61.7 Å². The Morgan fingerprint density at radius 3 is 2.73 bits per heavy atom. The minimum Gasteiger partial charge on any atom is -0.482 e. The molecule has 0 aliphatic carbocycles. The summed E-state index contributed by atoms with van der Waals surface area (Å²) in [5, 5.41) is 2.56. The topological polar surface area (TPSA) is 92.8 Å². The number of rotatable bonds is 4. The van der Waals surface area contributed by atoms with E-state index in [1.807, 2.05) is 0 Å². The smallest absolute Gasteiger partial charge is 0.265 e. The van der Waals surface area contributed by atoms with Gasteiger partial charge >= 0.3 is 0 Å². The summed E-state index contributed by atoms with van der Waals surface area (Å²) in [7, 11) is -3.36. The largest absolute Gasteiger partial charge is 0.482 e. The number of fused-ring (bicyclic) bond motifs is 1. The van der Waals surface area contributed by atoms with Gasteiger partial charge < -0.3 is 15.0 Å². The highest BCUT2D eigenvalue weighted by Gasteiger charge is 2.27. The molecule has 2 amide bonds. The van der Waals surface area contributed by atoms with E-state index >= 15 is 0 Å². The number of carbonyl (C=O) groups excluding carboxylic acids is 2. The molecule has 1 N–H and O–H groups in total. The second-order valence-electron chi connectivity index (χ2n) is 6.77. The lowest BCUT2D eigenvalue weighted by atomic mass is 10.1. The number of benzene rings is 2. The summed E-state index contributed by atoms with van der Waals surface area (Å²) in [5.41, 5.74) is 1.94. The van der Waals surface area contributed by atoms with Crippen molar-refractivity contribution in [3.63, 3.8) is 0 Å². The molecule has 7 nitrogen and oxygen atoms in total. The van der Waals surface area contributed by atoms with Crippen LogP contribution in [-0.4, -0.2) is 37.4 Å². The van der Waals surface area contributed by atoms with Crippen LogP contribution in [-0.2, 0) is 26.0 Å². The Bertz CT molecular complexity index is 1220. The first-order chi connectivity index (χ1) is 14.2. The third-order valence-corrected chi connectivity index (χ3v) is 6.81. The quantitative estimate of drug-likeness (QED) is 0.554. The van der Waals surface area contributed by atoms with Crippen molar-refractivity contribution in [2.24, 2.45) is 0 Å². The van der Waals surface area contributed by atoms with Gasteiger partial charge in [-0.05, 0) is 41.5 Å². The number of hydrogen-bond acceptors (Lipinski definition) is 7. The first-order valence-electron chi connectivity index (χ1n) is 8.82. The van der Waals surface area contributed by atoms with E-state index in [0.29, 0.717) is 31.8 Å². The predicted octanol–water partition coefficient (Wildman–Crippen LogP) is 2.50. The van der Waals surface area contributed by atoms with Crippen LogP contribution in [0.5, 0.6) is 5.75 Å². The molecule has 0 aromatic heterocycles. The molecule has 0 spiro atoms. The van der Waals surface area contributed by atoms with Crippen LogP contribution >= 0.6 is 24.0 Å². The van der Waals surface area contributed by atoms with Crippen LogP contribution < -0.4 is 15.0 Å². The van der Waals surface area contributed by atoms with Crippen LogP contribution in [0.1, 0.15) is 11.1 Å². The summed E-state index contributed by atoms with van der Waals surface area (Å²) in [5.74, 6) is 0.0331. The Morgan fingerprint density at radius 1 is 1.23 bits per heavy atom. The number of thiocarbonyl (C=S) groups is 1. The van der Waals surface area contributed by atoms with Gasteiger partial charge in [0.1, 0.15) is 10.1 Å². The van der Waals surface area contributed by atoms with Crippen LogP contribution in [0.2, 0.25) is 0 Å². The zero-order chi connectivity index (χ0) is 21.5. The maximum absolute atomic E-state index is 12.6. The zero-order valence-electron chi connectivity index (χ0n) is 15.7. The summed E-state index contributed by atoms with van der Waals surface area (Å²) in [6, 6.07) is 11.8. The molecule has 0 radical (unpaired) electrons. The molecule has 2 aliphatic rings. The third-order valence-electron chi connectivity index (χ3n) is 4.53. The number of amides is 2. The number of sulfone groups is 1. The van der Waals surface area contributed by atoms with E-state index in [0.717, 1.165) is 6.26 Å². The first-order valence-corrected chi connectivity index (χ1v) is 11.9. The summed E-state index contributed by atoms with van der Waals surface area (Å²) < 4.78 is 29.6. The van der Waals surface area contributed by atoms with Crippen molar-refractivity contribution in [2.45, 2.75) is 11.4 Å². The Morgan fingerprint density at radius 2 is 2.03 bits per heavy atom. The van der Waals surface area contributed by atoms with E-state index < -0.39 is 9.84 Å². The fourth-order valence-corrected chi connectivity index (χ4v) is 4.85. The molecule has 2 heterocycles. The van der Waals surface area contributed by atoms with Crippen molar-refractivity contribution in [3.05, 3.63) is 58.5 Å². The van der Waals surface area contributed by atoms with E-state index in [1.54, 1.807) is 47.4 Å². The molecule has 10 heteroatoms. The molecule has 2 aliphatic heterocycles. The highest BCUT2D eigenvalue weighted by molar-refractivity contribution is 8.26. The number of hydrogen-bond donors (Lipinski definition) is 1. The van der Waals surface area contributed by atoms with Crippen LogP contribution in [0.4, 0.5) is 5.69 Å². The van der Waals surface area contributed by atoms with Crippen LogP contribution in [0.15, 0.2) is 52.3 Å². The molecule has 0 bridgehead atoms. The van der Waals surface area contributed by atoms with E-state index in [9.17, 15) is 18.0 Å². The molecular formula is C20H16N2O5S3. The molecule has 0 atom stereocenters. The number of ether oxygens (including phenoxy) is 1. The second kappa shape index (κ2) is 7.86. The van der Waals surface area contributed by atoms with Gasteiger partial charge in [0.15, 0.2) is 16.4 Å². The second-order valence-corrected chi connectivity index (χ2v) is 10.5. The van der Waals surface area contributed by atoms with Gasteiger partial charge in [-0.3, -0.25) is 9.59 Å². The third kappa shape index (κ3) is 4.25. The van der Waals surface area contributed by atoms with E-state index in [1.165, 1.54) is 17.8 Å². The minimum atomic E-state index is -3.36. The SMILES string of the molecule is CS(=O)(=O)c1cccc(CN2C(=O)COc3ccc(/C=C4\SC(=S)NC4=O)cc32)c1. The van der Waals surface area contributed by atoms with Gasteiger partial charge in [-0.2, -0.15) is 0 Å². The highest BCUT2D eigenvalue weighted by atomic mass is 32.2. The van der Waals surface area contributed by atoms with E-state index in [-0.39, 0.29) is 29.9 Å². The van der Waals surface area contributed by atoms with Gasteiger partial charge in [0, 0.05) is 6.26 Å². The standard InChI is InChI=1S/C20H16N2O5S3/c1-30(25,26)14-4-2-3-13(7-14)10-22-15-8-12(5-6-16(15)27-11-18(22)23)9-17-19(24)21-20(28)29-17/h2-9H,10-11H2,1H3,(H,21,24,28)/b17-9-. The average Bonchev–Trinajstić information content (AvgIpc) is 3.00. The molecule has 1 fully saturated rings. The van der Waals surface area contributed by atoms with Gasteiger partial charge in [0.25, 0.3) is 11.8 Å². The number of nitrogens with one attached hydrogen (secondary N) is 1. The van der Waals surface area contributed by atoms with Gasteiger partial charge in [0.05, 0.1) is 22.0 Å². The van der Waals surface area contributed by atoms with Gasteiger partial charge in [-0.15, -0.1) is 0 Å². The minimum absolute atomic E-state index is 0.105. The highest BCUT2D eigenvalue weighted by Crippen LogP contribution is 2.36. The fraction of sp³-hybridized carbons (Fsp3) is 0.150. The number of thioether (sulfide) groups is 1. The van der Waals surface area contributed by atoms with Crippen molar-refractivity contribution < 1.29 is 22.7 Å². The maximum Gasteiger partial charge on any atom is 0.265 e. The molecule has 154 valence electrons. The molecule has 4 rings (SSSR count). The normalized spacial score (nSPS) is 17.7. The number of nitrogens with zero attached hydrogens (tertiary/aromatic N) is 1. The Hall–Kier alpha value is -2.69. The zero-order valence-corrected chi connectivity index (χ0v) is 18.2. The molecule has 2 aromatic rings. The molecular weight excluding hydrogens is 444 g/mol. The van der Waals surface area contributed by atoms with Crippen molar-refractivity contribution in [3.8, 4) is 5.75 Å². The lowest BCUT2D eigenvalue weighted by Crippen LogP contribution is -2.38. The fourth-order valence-electron chi connectivity index (χ4n) is 3.11. The molecule has 30 heavy (non-hydrogen) atoms. The van der Waals surface area contributed by atoms with Crippen molar-refractivity contribution in [1.29, 1.82) is 0 Å². The summed E-state index contributed by atoms with van der Waals surface area (Å²) in [4.78, 5) is 26.7. The summed E-state index contributed by atoms with van der Waals surface area (Å²) >= 11 is 6.18. The average molecular weight is 461 g/mol. The molecule has 0 saturated carbocycles. The monoisotopic (exact) mass is 460 g/mol. The molecule has 0 unspecified atom stereocenters. The Balaban J connectivity index is 1.68. The number of anilines is 1. The van der Waals surface area contributed by atoms with Gasteiger partial charge in [-0.1, -0.05) is 42.2 Å². The van der Waals surface area contributed by atoms with Crippen LogP contribution in [0, 0.1) is 0 Å². The molecule has 2 aromatic carbocycles. The maximum atomic E-state index is 12.6. The van der Waals surface area contributed by atoms with Crippen molar-refractivity contribution in [2.75, 3.05) is 17.8 Å². The first kappa shape index (κ1) is 20.6. The van der Waals surface area contributed by atoms with Crippen LogP contribution in [0.25, 0.3) is 6.08 Å². The van der Waals surface area contributed by atoms with Crippen LogP contribution in [0.3, 0.4) is 0 Å². The van der Waals surface area contributed by atoms with E-state index in [4.69, 9.17) is 17.0 Å². The predicted molar refractivity (Wildman–Crippen MR) is 119 cm³/mol. The lowest BCUT2D eigenvalue weighted by Gasteiger charge is -2.30. The lowest BCUT2D eigenvalue weighted by molar-refractivity contribution is -0.121. The summed E-state index contributed by atoms with van der Waals surface area (Å²) in [6.45, 7) is 0.0869.